The molecule has 0 unspecified atom stereocenters. The van der Waals surface area contributed by atoms with Crippen LogP contribution in [0.2, 0.25) is 0 Å². The number of amides is 2. The second-order valence-corrected chi connectivity index (χ2v) is 4.83. The molecule has 1 heterocycles. The van der Waals surface area contributed by atoms with Gasteiger partial charge in [0.15, 0.2) is 0 Å². The largest absolute Gasteiger partial charge is 0.338 e. The predicted molar refractivity (Wildman–Crippen MR) is 62.6 cm³/mol. The van der Waals surface area contributed by atoms with Crippen LogP contribution in [0, 0.1) is 0 Å². The van der Waals surface area contributed by atoms with E-state index in [1.54, 1.807) is 23.3 Å². The van der Waals surface area contributed by atoms with E-state index >= 15 is 0 Å². The van der Waals surface area contributed by atoms with E-state index in [0.29, 0.717) is 13.1 Å². The van der Waals surface area contributed by atoms with Crippen LogP contribution in [0.1, 0.15) is 11.8 Å². The molecule has 0 fully saturated rings. The zero-order chi connectivity index (χ0) is 10.6. The van der Waals surface area contributed by atoms with E-state index in [0.717, 1.165) is 4.47 Å². The molecule has 0 bridgehead atoms. The number of urea groups is 1. The van der Waals surface area contributed by atoms with Gasteiger partial charge < -0.3 is 10.2 Å². The average molecular weight is 277 g/mol. The molecule has 0 aliphatic heterocycles. The lowest BCUT2D eigenvalue weighted by Crippen LogP contribution is -2.36. The summed E-state index contributed by atoms with van der Waals surface area (Å²) in [6.07, 6.45) is 0. The number of hydrogen-bond donors (Lipinski definition) is 1. The summed E-state index contributed by atoms with van der Waals surface area (Å²) in [4.78, 5) is 14.2. The lowest BCUT2D eigenvalue weighted by atomic mass is 10.4. The number of rotatable bonds is 3. The van der Waals surface area contributed by atoms with E-state index in [1.165, 1.54) is 4.88 Å². The van der Waals surface area contributed by atoms with Crippen molar-refractivity contribution in [3.8, 4) is 0 Å². The highest BCUT2D eigenvalue weighted by molar-refractivity contribution is 9.10. The van der Waals surface area contributed by atoms with Gasteiger partial charge in [0.25, 0.3) is 0 Å². The first-order chi connectivity index (χ1) is 6.63. The molecule has 1 rings (SSSR count). The first-order valence-electron chi connectivity index (χ1n) is 4.35. The van der Waals surface area contributed by atoms with Crippen molar-refractivity contribution in [1.82, 2.24) is 10.2 Å². The van der Waals surface area contributed by atoms with Gasteiger partial charge in [-0.25, -0.2) is 4.79 Å². The Morgan fingerprint density at radius 2 is 2.43 bits per heavy atom. The smallest absolute Gasteiger partial charge is 0.317 e. The van der Waals surface area contributed by atoms with E-state index in [-0.39, 0.29) is 6.03 Å². The maximum atomic E-state index is 11.4. The number of halogens is 1. The highest BCUT2D eigenvalue weighted by Gasteiger charge is 2.08. The van der Waals surface area contributed by atoms with Gasteiger partial charge in [0.1, 0.15) is 0 Å². The molecule has 1 N–H and O–H groups in total. The van der Waals surface area contributed by atoms with Crippen LogP contribution in [0.5, 0.6) is 0 Å². The van der Waals surface area contributed by atoms with Crippen LogP contribution < -0.4 is 5.32 Å². The topological polar surface area (TPSA) is 32.3 Å². The molecule has 0 atom stereocenters. The second-order valence-electron chi connectivity index (χ2n) is 2.92. The Morgan fingerprint density at radius 3 is 2.93 bits per heavy atom. The normalized spacial score (nSPS) is 9.93. The molecule has 78 valence electrons. The molecule has 1 aromatic rings. The van der Waals surface area contributed by atoms with E-state index in [1.807, 2.05) is 18.4 Å². The van der Waals surface area contributed by atoms with Crippen molar-refractivity contribution in [3.05, 3.63) is 20.8 Å². The van der Waals surface area contributed by atoms with Crippen molar-refractivity contribution in [2.45, 2.75) is 13.5 Å². The van der Waals surface area contributed by atoms with Gasteiger partial charge >= 0.3 is 6.03 Å². The van der Waals surface area contributed by atoms with Gasteiger partial charge in [0.05, 0.1) is 6.54 Å². The minimum absolute atomic E-state index is 0.0305. The molecule has 2 amide bonds. The first kappa shape index (κ1) is 11.5. The van der Waals surface area contributed by atoms with Crippen LogP contribution in [0.25, 0.3) is 0 Å². The fourth-order valence-electron chi connectivity index (χ4n) is 1.03. The third-order valence-electron chi connectivity index (χ3n) is 1.69. The van der Waals surface area contributed by atoms with Crippen molar-refractivity contribution in [2.24, 2.45) is 0 Å². The number of nitrogens with zero attached hydrogens (tertiary/aromatic N) is 1. The van der Waals surface area contributed by atoms with Gasteiger partial charge in [-0.05, 0) is 28.9 Å². The quantitative estimate of drug-likeness (QED) is 0.905. The molecule has 0 spiro atoms. The molecule has 0 aliphatic carbocycles. The van der Waals surface area contributed by atoms with Crippen LogP contribution in [0.3, 0.4) is 0 Å². The Kier molecular flexibility index (Phi) is 4.41. The fraction of sp³-hybridized carbons (Fsp3) is 0.444. The second kappa shape index (κ2) is 5.36. The molecule has 0 aliphatic rings. The number of nitrogens with one attached hydrogen (secondary N) is 1. The van der Waals surface area contributed by atoms with Gasteiger partial charge in [-0.2, -0.15) is 0 Å². The maximum Gasteiger partial charge on any atom is 0.317 e. The van der Waals surface area contributed by atoms with Crippen LogP contribution >= 0.6 is 27.3 Å². The average Bonchev–Trinajstić information content (AvgIpc) is 2.51. The third-order valence-corrected chi connectivity index (χ3v) is 3.37. The summed E-state index contributed by atoms with van der Waals surface area (Å²) in [6.45, 7) is 3.23. The van der Waals surface area contributed by atoms with Gasteiger partial charge in [0, 0.05) is 28.3 Å². The minimum atomic E-state index is -0.0305. The predicted octanol–water partition coefficient (Wildman–Crippen LogP) is 2.67. The van der Waals surface area contributed by atoms with Gasteiger partial charge in [-0.15, -0.1) is 11.3 Å². The molecule has 1 aromatic heterocycles. The number of hydrogen-bond acceptors (Lipinski definition) is 2. The Labute approximate surface area is 96.2 Å². The molecule has 0 saturated carbocycles. The maximum absolute atomic E-state index is 11.4. The van der Waals surface area contributed by atoms with Crippen LogP contribution in [-0.2, 0) is 6.54 Å². The Balaban J connectivity index is 2.48. The van der Waals surface area contributed by atoms with Crippen molar-refractivity contribution in [1.29, 1.82) is 0 Å². The van der Waals surface area contributed by atoms with E-state index in [4.69, 9.17) is 0 Å². The summed E-state index contributed by atoms with van der Waals surface area (Å²) in [5, 5.41) is 4.77. The Hall–Kier alpha value is -0.550. The van der Waals surface area contributed by atoms with Gasteiger partial charge in [0.2, 0.25) is 0 Å². The highest BCUT2D eigenvalue weighted by atomic mass is 79.9. The fourth-order valence-corrected chi connectivity index (χ4v) is 2.53. The van der Waals surface area contributed by atoms with Crippen molar-refractivity contribution >= 4 is 33.3 Å². The summed E-state index contributed by atoms with van der Waals surface area (Å²) in [6, 6.07) is 2.00. The molecular formula is C9H13BrN2OS. The Bertz CT molecular complexity index is 314. The van der Waals surface area contributed by atoms with E-state index < -0.39 is 0 Å². The monoisotopic (exact) mass is 276 g/mol. The number of carbonyl (C=O) groups is 1. The zero-order valence-corrected chi connectivity index (χ0v) is 10.6. The van der Waals surface area contributed by atoms with Crippen molar-refractivity contribution in [3.63, 3.8) is 0 Å². The summed E-state index contributed by atoms with van der Waals surface area (Å²) in [5.41, 5.74) is 0. The summed E-state index contributed by atoms with van der Waals surface area (Å²) >= 11 is 5.03. The number of carbonyl (C=O) groups excluding carboxylic acids is 1. The summed E-state index contributed by atoms with van der Waals surface area (Å²) in [7, 11) is 1.79. The molecular weight excluding hydrogens is 264 g/mol. The molecule has 5 heteroatoms. The van der Waals surface area contributed by atoms with Gasteiger partial charge in [-0.3, -0.25) is 0 Å². The highest BCUT2D eigenvalue weighted by Crippen LogP contribution is 2.20. The standard InChI is InChI=1S/C9H13BrN2OS/c1-3-11-9(13)12(2)5-8-4-7(10)6-14-8/h4,6H,3,5H2,1-2H3,(H,11,13). The summed E-state index contributed by atoms with van der Waals surface area (Å²) < 4.78 is 1.07. The van der Waals surface area contributed by atoms with Crippen molar-refractivity contribution < 1.29 is 4.79 Å². The van der Waals surface area contributed by atoms with Crippen molar-refractivity contribution in [2.75, 3.05) is 13.6 Å². The van der Waals surface area contributed by atoms with Crippen LogP contribution in [-0.4, -0.2) is 24.5 Å². The van der Waals surface area contributed by atoms with E-state index in [9.17, 15) is 4.79 Å². The van der Waals surface area contributed by atoms with E-state index in [2.05, 4.69) is 21.2 Å². The lowest BCUT2D eigenvalue weighted by Gasteiger charge is -2.16. The molecule has 14 heavy (non-hydrogen) atoms. The lowest BCUT2D eigenvalue weighted by molar-refractivity contribution is 0.208. The Morgan fingerprint density at radius 1 is 1.71 bits per heavy atom. The molecule has 0 saturated heterocycles. The van der Waals surface area contributed by atoms with Crippen LogP contribution in [0.15, 0.2) is 15.9 Å². The summed E-state index contributed by atoms with van der Waals surface area (Å²) in [5.74, 6) is 0. The third kappa shape index (κ3) is 3.31. The van der Waals surface area contributed by atoms with Gasteiger partial charge in [-0.1, -0.05) is 0 Å². The molecule has 3 nitrogen and oxygen atoms in total. The molecule has 0 radical (unpaired) electrons. The zero-order valence-electron chi connectivity index (χ0n) is 8.21. The minimum Gasteiger partial charge on any atom is -0.338 e. The van der Waals surface area contributed by atoms with Crippen LogP contribution in [0.4, 0.5) is 4.79 Å². The molecule has 0 aromatic carbocycles. The first-order valence-corrected chi connectivity index (χ1v) is 6.02. The SMILES string of the molecule is CCNC(=O)N(C)Cc1cc(Br)cs1. The number of thiophene rings is 1.